The van der Waals surface area contributed by atoms with Crippen LogP contribution in [-0.2, 0) is 21.2 Å². The van der Waals surface area contributed by atoms with Crippen molar-refractivity contribution in [3.05, 3.63) is 53.9 Å². The van der Waals surface area contributed by atoms with Gasteiger partial charge in [-0.05, 0) is 47.9 Å². The maximum Gasteiger partial charge on any atom is 0.501 e. The Kier molecular flexibility index (Phi) is 5.59. The standard InChI is InChI=1S/C19H18F3N3O4S/c1-12(2)16-9-13(7-8-23-16)10-24-11-17(26)25(18(24)27)14-3-5-15(6-4-14)30(28,29)19(20,21)22/h3-9,12H,10-11H2,1-2H3. The van der Waals surface area contributed by atoms with E-state index >= 15 is 0 Å². The molecular weight excluding hydrogens is 423 g/mol. The number of carbonyl (C=O) groups is 2. The van der Waals surface area contributed by atoms with Crippen LogP contribution in [0.3, 0.4) is 0 Å². The van der Waals surface area contributed by atoms with Crippen molar-refractivity contribution >= 4 is 27.5 Å². The van der Waals surface area contributed by atoms with Gasteiger partial charge in [-0.15, -0.1) is 0 Å². The lowest BCUT2D eigenvalue weighted by molar-refractivity contribution is -0.116. The first-order chi connectivity index (χ1) is 13.9. The van der Waals surface area contributed by atoms with Crippen LogP contribution in [0.4, 0.5) is 23.7 Å². The van der Waals surface area contributed by atoms with E-state index in [0.717, 1.165) is 40.4 Å². The van der Waals surface area contributed by atoms with Gasteiger partial charge in [0, 0.05) is 18.4 Å². The van der Waals surface area contributed by atoms with Gasteiger partial charge in [-0.2, -0.15) is 13.2 Å². The van der Waals surface area contributed by atoms with E-state index in [1.54, 1.807) is 12.3 Å². The van der Waals surface area contributed by atoms with Gasteiger partial charge < -0.3 is 4.90 Å². The molecule has 0 radical (unpaired) electrons. The van der Waals surface area contributed by atoms with Crippen LogP contribution in [0.15, 0.2) is 47.5 Å². The minimum atomic E-state index is -5.51. The molecule has 0 N–H and O–H groups in total. The summed E-state index contributed by atoms with van der Waals surface area (Å²) in [4.78, 5) is 30.4. The SMILES string of the molecule is CC(C)c1cc(CN2CC(=O)N(c3ccc(S(=O)(=O)C(F)(F)F)cc3)C2=O)ccn1. The van der Waals surface area contributed by atoms with Crippen LogP contribution in [0.5, 0.6) is 0 Å². The second kappa shape index (κ2) is 7.71. The van der Waals surface area contributed by atoms with Crippen molar-refractivity contribution in [2.24, 2.45) is 0 Å². The van der Waals surface area contributed by atoms with Crippen molar-refractivity contribution in [1.82, 2.24) is 9.88 Å². The molecule has 7 nitrogen and oxygen atoms in total. The normalized spacial score (nSPS) is 15.4. The zero-order chi connectivity index (χ0) is 22.3. The highest BCUT2D eigenvalue weighted by Crippen LogP contribution is 2.32. The van der Waals surface area contributed by atoms with E-state index in [9.17, 15) is 31.2 Å². The fourth-order valence-corrected chi connectivity index (χ4v) is 3.73. The van der Waals surface area contributed by atoms with E-state index in [0.29, 0.717) is 0 Å². The van der Waals surface area contributed by atoms with E-state index < -0.39 is 32.2 Å². The van der Waals surface area contributed by atoms with Gasteiger partial charge in [0.15, 0.2) is 0 Å². The Labute approximate surface area is 171 Å². The van der Waals surface area contributed by atoms with Crippen LogP contribution in [0, 0.1) is 0 Å². The second-order valence-electron chi connectivity index (χ2n) is 7.05. The molecule has 0 bridgehead atoms. The van der Waals surface area contributed by atoms with Crippen LogP contribution in [-0.4, -0.2) is 42.3 Å². The fraction of sp³-hybridized carbons (Fsp3) is 0.316. The number of urea groups is 1. The van der Waals surface area contributed by atoms with E-state index in [4.69, 9.17) is 0 Å². The maximum absolute atomic E-state index is 12.7. The molecule has 1 aromatic heterocycles. The van der Waals surface area contributed by atoms with Crippen molar-refractivity contribution in [2.45, 2.75) is 36.7 Å². The number of imide groups is 1. The number of aromatic nitrogens is 1. The molecule has 0 saturated carbocycles. The minimum absolute atomic E-state index is 0.00813. The monoisotopic (exact) mass is 441 g/mol. The Bertz CT molecular complexity index is 1080. The Morgan fingerprint density at radius 1 is 1.10 bits per heavy atom. The first-order valence-electron chi connectivity index (χ1n) is 8.90. The molecule has 0 unspecified atom stereocenters. The van der Waals surface area contributed by atoms with Crippen LogP contribution in [0.1, 0.15) is 31.0 Å². The van der Waals surface area contributed by atoms with E-state index in [1.165, 1.54) is 4.90 Å². The van der Waals surface area contributed by atoms with Crippen LogP contribution in [0.2, 0.25) is 0 Å². The fourth-order valence-electron chi connectivity index (χ4n) is 2.96. The number of pyridine rings is 1. The molecular formula is C19H18F3N3O4S. The van der Waals surface area contributed by atoms with Crippen molar-refractivity contribution in [1.29, 1.82) is 0 Å². The van der Waals surface area contributed by atoms with Crippen LogP contribution in [0.25, 0.3) is 0 Å². The predicted octanol–water partition coefficient (Wildman–Crippen LogP) is 3.47. The topological polar surface area (TPSA) is 87.7 Å². The third-order valence-electron chi connectivity index (χ3n) is 4.56. The Morgan fingerprint density at radius 2 is 1.73 bits per heavy atom. The molecule has 1 fully saturated rings. The van der Waals surface area contributed by atoms with E-state index in [1.807, 2.05) is 19.9 Å². The molecule has 11 heteroatoms. The molecule has 160 valence electrons. The largest absolute Gasteiger partial charge is 0.501 e. The molecule has 0 spiro atoms. The van der Waals surface area contributed by atoms with E-state index in [-0.39, 0.29) is 24.7 Å². The number of rotatable bonds is 5. The Hall–Kier alpha value is -2.95. The summed E-state index contributed by atoms with van der Waals surface area (Å²) >= 11 is 0. The smallest absolute Gasteiger partial charge is 0.310 e. The number of carbonyl (C=O) groups excluding carboxylic acids is 2. The minimum Gasteiger partial charge on any atom is -0.310 e. The molecule has 0 aliphatic carbocycles. The van der Waals surface area contributed by atoms with Gasteiger partial charge in [-0.3, -0.25) is 9.78 Å². The lowest BCUT2D eigenvalue weighted by Gasteiger charge is -2.18. The van der Waals surface area contributed by atoms with Crippen molar-refractivity contribution < 1.29 is 31.2 Å². The van der Waals surface area contributed by atoms with Gasteiger partial charge >= 0.3 is 11.5 Å². The quantitative estimate of drug-likeness (QED) is 0.663. The number of benzene rings is 1. The van der Waals surface area contributed by atoms with Crippen LogP contribution >= 0.6 is 0 Å². The highest BCUT2D eigenvalue weighted by molar-refractivity contribution is 7.92. The maximum atomic E-state index is 12.7. The molecule has 3 rings (SSSR count). The Balaban J connectivity index is 1.81. The number of amides is 3. The number of halogens is 3. The van der Waals surface area contributed by atoms with Gasteiger partial charge in [0.1, 0.15) is 6.54 Å². The third kappa shape index (κ3) is 4.02. The summed E-state index contributed by atoms with van der Waals surface area (Å²) in [5.41, 5.74) is -3.83. The first kappa shape index (κ1) is 21.8. The first-order valence-corrected chi connectivity index (χ1v) is 10.4. The summed E-state index contributed by atoms with van der Waals surface area (Å²) in [6, 6.07) is 6.36. The molecule has 2 heterocycles. The number of hydrogen-bond donors (Lipinski definition) is 0. The van der Waals surface area contributed by atoms with Gasteiger partial charge in [-0.25, -0.2) is 18.1 Å². The molecule has 0 atom stereocenters. The summed E-state index contributed by atoms with van der Waals surface area (Å²) in [6.07, 6.45) is 1.62. The molecule has 1 aromatic carbocycles. The summed E-state index contributed by atoms with van der Waals surface area (Å²) in [5.74, 6) is -0.381. The summed E-state index contributed by atoms with van der Waals surface area (Å²) in [6.45, 7) is 3.90. The van der Waals surface area contributed by atoms with Crippen molar-refractivity contribution in [3.8, 4) is 0 Å². The molecule has 2 aromatic rings. The summed E-state index contributed by atoms with van der Waals surface area (Å²) in [5, 5.41) is 0. The lowest BCUT2D eigenvalue weighted by Crippen LogP contribution is -2.32. The zero-order valence-corrected chi connectivity index (χ0v) is 16.9. The van der Waals surface area contributed by atoms with Crippen LogP contribution < -0.4 is 4.90 Å². The van der Waals surface area contributed by atoms with Gasteiger partial charge in [-0.1, -0.05) is 13.8 Å². The van der Waals surface area contributed by atoms with Crippen molar-refractivity contribution in [3.63, 3.8) is 0 Å². The summed E-state index contributed by atoms with van der Waals surface area (Å²) in [7, 11) is -5.51. The average Bonchev–Trinajstić information content (AvgIpc) is 2.94. The average molecular weight is 441 g/mol. The van der Waals surface area contributed by atoms with Gasteiger partial charge in [0.05, 0.1) is 10.6 Å². The molecule has 30 heavy (non-hydrogen) atoms. The number of alkyl halides is 3. The number of nitrogens with zero attached hydrogens (tertiary/aromatic N) is 3. The second-order valence-corrected chi connectivity index (χ2v) is 9.00. The Morgan fingerprint density at radius 3 is 2.30 bits per heavy atom. The lowest BCUT2D eigenvalue weighted by atomic mass is 10.1. The highest BCUT2D eigenvalue weighted by atomic mass is 32.2. The zero-order valence-electron chi connectivity index (χ0n) is 16.0. The molecule has 3 amide bonds. The highest BCUT2D eigenvalue weighted by Gasteiger charge is 2.47. The summed E-state index contributed by atoms with van der Waals surface area (Å²) < 4.78 is 60.9. The third-order valence-corrected chi connectivity index (χ3v) is 6.06. The number of sulfone groups is 1. The van der Waals surface area contributed by atoms with Crippen molar-refractivity contribution in [2.75, 3.05) is 11.4 Å². The molecule has 1 saturated heterocycles. The van der Waals surface area contributed by atoms with E-state index in [2.05, 4.69) is 4.98 Å². The van der Waals surface area contributed by atoms with Gasteiger partial charge in [0.2, 0.25) is 0 Å². The predicted molar refractivity (Wildman–Crippen MR) is 101 cm³/mol. The van der Waals surface area contributed by atoms with Gasteiger partial charge in [0.25, 0.3) is 15.7 Å². The molecule has 1 aliphatic rings. The number of hydrogen-bond acceptors (Lipinski definition) is 5. The molecule has 1 aliphatic heterocycles. The number of anilines is 1.